The standard InChI is InChI=1S/C21H24N4O3/c1-21(2,13-26)17(27)12-25-16-10-5-4-8-14(16)18(15-9-6-7-11-23-15)24-19(22-3)20(25)28/h4-11,19,22,26H,12-13H2,1-3H3. The maximum Gasteiger partial charge on any atom is 0.267 e. The van der Waals surface area contributed by atoms with E-state index in [1.807, 2.05) is 36.4 Å². The van der Waals surface area contributed by atoms with Gasteiger partial charge in [0.2, 0.25) is 0 Å². The molecular weight excluding hydrogens is 356 g/mol. The molecule has 0 spiro atoms. The van der Waals surface area contributed by atoms with Crippen LogP contribution in [0.3, 0.4) is 0 Å². The number of aliphatic hydroxyl groups is 1. The summed E-state index contributed by atoms with van der Waals surface area (Å²) in [4.78, 5) is 36.4. The first-order chi connectivity index (χ1) is 13.4. The molecule has 1 aliphatic heterocycles. The lowest BCUT2D eigenvalue weighted by atomic mass is 9.88. The van der Waals surface area contributed by atoms with Crippen molar-refractivity contribution < 1.29 is 14.7 Å². The Hall–Kier alpha value is -2.90. The maximum atomic E-state index is 13.2. The van der Waals surface area contributed by atoms with Gasteiger partial charge >= 0.3 is 0 Å². The molecule has 7 nitrogen and oxygen atoms in total. The van der Waals surface area contributed by atoms with E-state index in [1.165, 1.54) is 4.90 Å². The minimum atomic E-state index is -0.943. The van der Waals surface area contributed by atoms with Gasteiger partial charge in [0.05, 0.1) is 30.2 Å². The summed E-state index contributed by atoms with van der Waals surface area (Å²) in [7, 11) is 1.65. The number of fused-ring (bicyclic) bond motifs is 1. The Balaban J connectivity index is 2.12. The van der Waals surface area contributed by atoms with E-state index in [2.05, 4.69) is 15.3 Å². The summed E-state index contributed by atoms with van der Waals surface area (Å²) in [6, 6.07) is 12.8. The van der Waals surface area contributed by atoms with Crippen LogP contribution in [0.1, 0.15) is 25.1 Å². The highest BCUT2D eigenvalue weighted by molar-refractivity contribution is 6.20. The highest BCUT2D eigenvalue weighted by Gasteiger charge is 2.35. The first-order valence-electron chi connectivity index (χ1n) is 9.10. The molecule has 0 saturated carbocycles. The predicted octanol–water partition coefficient (Wildman–Crippen LogP) is 1.40. The van der Waals surface area contributed by atoms with E-state index in [9.17, 15) is 14.7 Å². The molecule has 1 unspecified atom stereocenters. The number of Topliss-reactive ketones (excluding diaryl/α,β-unsaturated/α-hetero) is 1. The number of pyridine rings is 1. The molecule has 28 heavy (non-hydrogen) atoms. The Bertz CT molecular complexity index is 909. The number of nitrogens with zero attached hydrogens (tertiary/aromatic N) is 3. The van der Waals surface area contributed by atoms with Crippen molar-refractivity contribution in [2.75, 3.05) is 25.1 Å². The fourth-order valence-corrected chi connectivity index (χ4v) is 2.93. The SMILES string of the molecule is CNC1N=C(c2ccccn2)c2ccccc2N(CC(=O)C(C)(C)CO)C1=O. The van der Waals surface area contributed by atoms with Gasteiger partial charge in [0.25, 0.3) is 5.91 Å². The third-order valence-corrected chi connectivity index (χ3v) is 4.84. The molecule has 7 heteroatoms. The molecule has 0 radical (unpaired) electrons. The second-order valence-electron chi connectivity index (χ2n) is 7.29. The molecule has 1 atom stereocenters. The lowest BCUT2D eigenvalue weighted by Gasteiger charge is -2.28. The van der Waals surface area contributed by atoms with Crippen LogP contribution in [0.15, 0.2) is 53.7 Å². The van der Waals surface area contributed by atoms with Gasteiger partial charge in [-0.25, -0.2) is 0 Å². The van der Waals surface area contributed by atoms with Gasteiger partial charge in [0, 0.05) is 17.2 Å². The Labute approximate surface area is 164 Å². The number of rotatable bonds is 6. The molecule has 1 aliphatic rings. The second-order valence-corrected chi connectivity index (χ2v) is 7.29. The number of benzene rings is 1. The smallest absolute Gasteiger partial charge is 0.267 e. The van der Waals surface area contributed by atoms with E-state index >= 15 is 0 Å². The largest absolute Gasteiger partial charge is 0.395 e. The van der Waals surface area contributed by atoms with Crippen molar-refractivity contribution in [1.29, 1.82) is 0 Å². The summed E-state index contributed by atoms with van der Waals surface area (Å²) in [6.45, 7) is 2.89. The summed E-state index contributed by atoms with van der Waals surface area (Å²) in [5.41, 5.74) is 1.60. The highest BCUT2D eigenvalue weighted by Crippen LogP contribution is 2.28. The number of carbonyl (C=O) groups excluding carboxylic acids is 2. The summed E-state index contributed by atoms with van der Waals surface area (Å²) < 4.78 is 0. The summed E-state index contributed by atoms with van der Waals surface area (Å²) in [5.74, 6) is -0.558. The average Bonchev–Trinajstić information content (AvgIpc) is 2.84. The number of hydrogen-bond acceptors (Lipinski definition) is 6. The number of aliphatic imine (C=N–C) groups is 1. The van der Waals surface area contributed by atoms with Gasteiger partial charge in [0.15, 0.2) is 11.9 Å². The van der Waals surface area contributed by atoms with Gasteiger partial charge in [-0.1, -0.05) is 38.1 Å². The average molecular weight is 380 g/mol. The van der Waals surface area contributed by atoms with Gasteiger partial charge in [-0.05, 0) is 25.2 Å². The third-order valence-electron chi connectivity index (χ3n) is 4.84. The number of nitrogens with one attached hydrogen (secondary N) is 1. The van der Waals surface area contributed by atoms with Crippen molar-refractivity contribution in [3.63, 3.8) is 0 Å². The molecule has 2 aromatic rings. The summed E-state index contributed by atoms with van der Waals surface area (Å²) in [6.07, 6.45) is 0.821. The quantitative estimate of drug-likeness (QED) is 0.790. The molecular formula is C21H24N4O3. The molecule has 0 aliphatic carbocycles. The van der Waals surface area contributed by atoms with Crippen LogP contribution >= 0.6 is 0 Å². The Kier molecular flexibility index (Phi) is 5.67. The van der Waals surface area contributed by atoms with E-state index in [0.29, 0.717) is 17.1 Å². The van der Waals surface area contributed by atoms with Crippen LogP contribution in [0.4, 0.5) is 5.69 Å². The van der Waals surface area contributed by atoms with Crippen molar-refractivity contribution in [2.45, 2.75) is 20.0 Å². The molecule has 146 valence electrons. The zero-order chi connectivity index (χ0) is 20.3. The molecule has 1 aromatic carbocycles. The van der Waals surface area contributed by atoms with E-state index in [4.69, 9.17) is 0 Å². The van der Waals surface area contributed by atoms with Crippen LogP contribution in [0.5, 0.6) is 0 Å². The van der Waals surface area contributed by atoms with Gasteiger partial charge < -0.3 is 10.0 Å². The number of aromatic nitrogens is 1. The first-order valence-corrected chi connectivity index (χ1v) is 9.10. The zero-order valence-corrected chi connectivity index (χ0v) is 16.2. The first kappa shape index (κ1) is 19.9. The van der Waals surface area contributed by atoms with Gasteiger partial charge in [-0.3, -0.25) is 24.9 Å². The molecule has 3 rings (SSSR count). The van der Waals surface area contributed by atoms with Crippen molar-refractivity contribution >= 4 is 23.1 Å². The van der Waals surface area contributed by atoms with Crippen LogP contribution < -0.4 is 10.2 Å². The van der Waals surface area contributed by atoms with E-state index in [1.54, 1.807) is 33.2 Å². The Morgan fingerprint density at radius 1 is 1.21 bits per heavy atom. The molecule has 1 aromatic heterocycles. The molecule has 0 fully saturated rings. The highest BCUT2D eigenvalue weighted by atomic mass is 16.3. The van der Waals surface area contributed by atoms with Crippen LogP contribution in [0, 0.1) is 5.41 Å². The molecule has 0 saturated heterocycles. The van der Waals surface area contributed by atoms with Crippen molar-refractivity contribution in [3.05, 3.63) is 59.9 Å². The lowest BCUT2D eigenvalue weighted by Crippen LogP contribution is -2.48. The predicted molar refractivity (Wildman–Crippen MR) is 107 cm³/mol. The molecule has 2 N–H and O–H groups in total. The lowest BCUT2D eigenvalue weighted by molar-refractivity contribution is -0.129. The van der Waals surface area contributed by atoms with Crippen LogP contribution in [0.2, 0.25) is 0 Å². The molecule has 0 bridgehead atoms. The van der Waals surface area contributed by atoms with Gasteiger partial charge in [0.1, 0.15) is 0 Å². The minimum Gasteiger partial charge on any atom is -0.395 e. The fourth-order valence-electron chi connectivity index (χ4n) is 2.93. The Morgan fingerprint density at radius 2 is 1.93 bits per heavy atom. The normalized spacial score (nSPS) is 17.0. The van der Waals surface area contributed by atoms with E-state index < -0.39 is 11.6 Å². The summed E-state index contributed by atoms with van der Waals surface area (Å²) >= 11 is 0. The number of anilines is 1. The van der Waals surface area contributed by atoms with Gasteiger partial charge in [-0.2, -0.15) is 0 Å². The van der Waals surface area contributed by atoms with Crippen molar-refractivity contribution in [2.24, 2.45) is 10.4 Å². The number of benzodiazepines with no additional fused rings is 1. The Morgan fingerprint density at radius 3 is 2.57 bits per heavy atom. The number of aliphatic hydroxyl groups excluding tert-OH is 1. The van der Waals surface area contributed by atoms with E-state index in [-0.39, 0.29) is 24.8 Å². The topological polar surface area (TPSA) is 94.9 Å². The monoisotopic (exact) mass is 380 g/mol. The molecule has 1 amide bonds. The van der Waals surface area contributed by atoms with Crippen LogP contribution in [-0.2, 0) is 9.59 Å². The zero-order valence-electron chi connectivity index (χ0n) is 16.2. The second kappa shape index (κ2) is 8.00. The van der Waals surface area contributed by atoms with E-state index in [0.717, 1.165) is 5.56 Å². The fraction of sp³-hybridized carbons (Fsp3) is 0.333. The number of hydrogen-bond donors (Lipinski definition) is 2. The van der Waals surface area contributed by atoms with Crippen LogP contribution in [0.25, 0.3) is 0 Å². The number of amides is 1. The van der Waals surface area contributed by atoms with Crippen LogP contribution in [-0.4, -0.2) is 53.9 Å². The molecule has 2 heterocycles. The van der Waals surface area contributed by atoms with Crippen molar-refractivity contribution in [1.82, 2.24) is 10.3 Å². The number of ketones is 1. The third kappa shape index (κ3) is 3.72. The number of para-hydroxylation sites is 1. The summed E-state index contributed by atoms with van der Waals surface area (Å²) in [5, 5.41) is 12.4. The maximum absolute atomic E-state index is 13.2. The number of likely N-dealkylation sites (N-methyl/N-ethyl adjacent to an activating group) is 1. The van der Waals surface area contributed by atoms with Crippen molar-refractivity contribution in [3.8, 4) is 0 Å². The minimum absolute atomic E-state index is 0.146. The number of carbonyl (C=O) groups is 2. The van der Waals surface area contributed by atoms with Gasteiger partial charge in [-0.15, -0.1) is 0 Å².